The Hall–Kier alpha value is -3.41. The van der Waals surface area contributed by atoms with E-state index in [1.807, 2.05) is 43.1 Å². The minimum atomic E-state index is -0.0158. The predicted octanol–water partition coefficient (Wildman–Crippen LogP) is 5.54. The average Bonchev–Trinajstić information content (AvgIpc) is 3.56. The van der Waals surface area contributed by atoms with Gasteiger partial charge in [0.25, 0.3) is 0 Å². The second-order valence-electron chi connectivity index (χ2n) is 10.0. The molecular formula is C29H32N4O3S. The molecule has 2 amide bonds. The molecule has 192 valence electrons. The summed E-state index contributed by atoms with van der Waals surface area (Å²) in [6.45, 7) is 5.47. The van der Waals surface area contributed by atoms with Gasteiger partial charge in [-0.2, -0.15) is 5.26 Å². The quantitative estimate of drug-likeness (QED) is 0.448. The van der Waals surface area contributed by atoms with Crippen LogP contribution < -0.4 is 10.1 Å². The van der Waals surface area contributed by atoms with Crippen LogP contribution in [0.1, 0.15) is 55.8 Å². The number of likely N-dealkylation sites (tertiary alicyclic amines) is 1. The largest absolute Gasteiger partial charge is 0.490 e. The molecule has 2 N–H and O–H groups in total. The van der Waals surface area contributed by atoms with Crippen molar-refractivity contribution in [2.24, 2.45) is 5.92 Å². The van der Waals surface area contributed by atoms with Gasteiger partial charge >= 0.3 is 6.03 Å². The van der Waals surface area contributed by atoms with Gasteiger partial charge in [-0.3, -0.25) is 0 Å². The van der Waals surface area contributed by atoms with Gasteiger partial charge in [0.15, 0.2) is 0 Å². The van der Waals surface area contributed by atoms with E-state index in [9.17, 15) is 15.2 Å². The number of carbonyl (C=O) groups is 1. The van der Waals surface area contributed by atoms with E-state index in [0.717, 1.165) is 46.7 Å². The van der Waals surface area contributed by atoms with Crippen LogP contribution >= 0.6 is 11.3 Å². The number of nitriles is 1. The minimum Gasteiger partial charge on any atom is -0.490 e. The Morgan fingerprint density at radius 1 is 1.27 bits per heavy atom. The van der Waals surface area contributed by atoms with Gasteiger partial charge in [0.1, 0.15) is 16.8 Å². The lowest BCUT2D eigenvalue weighted by Gasteiger charge is -2.32. The first-order valence-electron chi connectivity index (χ1n) is 12.9. The number of thiazole rings is 1. The average molecular weight is 517 g/mol. The van der Waals surface area contributed by atoms with Gasteiger partial charge in [0, 0.05) is 31.5 Å². The number of aliphatic hydroxyl groups is 1. The molecule has 1 aliphatic heterocycles. The monoisotopic (exact) mass is 516 g/mol. The highest BCUT2D eigenvalue weighted by Gasteiger charge is 2.29. The molecular weight excluding hydrogens is 484 g/mol. The summed E-state index contributed by atoms with van der Waals surface area (Å²) in [4.78, 5) is 20.5. The van der Waals surface area contributed by atoms with E-state index in [1.54, 1.807) is 11.3 Å². The van der Waals surface area contributed by atoms with Crippen molar-refractivity contribution < 1.29 is 14.6 Å². The SMILES string of the molecule is CC(C)Oc1ccc(-c2ncc(-c3cccc4c3CCC4NC(=O)N3CCC(CO)CC3)s2)cc1C#N. The maximum Gasteiger partial charge on any atom is 0.317 e. The first kappa shape index (κ1) is 25.2. The van der Waals surface area contributed by atoms with E-state index in [2.05, 4.69) is 34.6 Å². The molecule has 1 aromatic heterocycles. The molecule has 1 unspecified atom stereocenters. The number of urea groups is 1. The first-order chi connectivity index (χ1) is 18.0. The van der Waals surface area contributed by atoms with E-state index < -0.39 is 0 Å². The number of rotatable bonds is 6. The van der Waals surface area contributed by atoms with Crippen molar-refractivity contribution in [3.8, 4) is 32.8 Å². The predicted molar refractivity (Wildman–Crippen MR) is 144 cm³/mol. The van der Waals surface area contributed by atoms with E-state index in [1.165, 1.54) is 11.1 Å². The lowest BCUT2D eigenvalue weighted by atomic mass is 9.98. The number of aliphatic hydroxyl groups excluding tert-OH is 1. The summed E-state index contributed by atoms with van der Waals surface area (Å²) in [7, 11) is 0. The fourth-order valence-corrected chi connectivity index (χ4v) is 6.20. The van der Waals surface area contributed by atoms with E-state index in [0.29, 0.717) is 30.3 Å². The summed E-state index contributed by atoms with van der Waals surface area (Å²) in [5.74, 6) is 0.894. The first-order valence-corrected chi connectivity index (χ1v) is 13.7. The topological polar surface area (TPSA) is 98.5 Å². The van der Waals surface area contributed by atoms with Gasteiger partial charge in [0.2, 0.25) is 0 Å². The Balaban J connectivity index is 1.33. The van der Waals surface area contributed by atoms with Crippen LogP contribution in [0.2, 0.25) is 0 Å². The van der Waals surface area contributed by atoms with Crippen LogP contribution in [0.4, 0.5) is 4.79 Å². The van der Waals surface area contributed by atoms with Crippen molar-refractivity contribution in [1.82, 2.24) is 15.2 Å². The molecule has 0 saturated carbocycles. The zero-order valence-corrected chi connectivity index (χ0v) is 22.1. The van der Waals surface area contributed by atoms with Crippen LogP contribution in [0.25, 0.3) is 21.0 Å². The Bertz CT molecular complexity index is 1320. The van der Waals surface area contributed by atoms with Gasteiger partial charge in [-0.1, -0.05) is 18.2 Å². The van der Waals surface area contributed by atoms with Crippen molar-refractivity contribution >= 4 is 17.4 Å². The lowest BCUT2D eigenvalue weighted by molar-refractivity contribution is 0.135. The second kappa shape index (κ2) is 10.9. The van der Waals surface area contributed by atoms with Gasteiger partial charge in [-0.25, -0.2) is 9.78 Å². The molecule has 2 aliphatic rings. The van der Waals surface area contributed by atoms with Gasteiger partial charge in [-0.15, -0.1) is 11.3 Å². The standard InChI is InChI=1S/C29H32N4O3S/c1-18(2)36-26-9-6-20(14-21(26)15-30)28-31-16-27(37-28)24-5-3-4-23-22(24)7-8-25(23)32-29(35)33-12-10-19(17-34)11-13-33/h3-6,9,14,16,18-19,25,34H,7-8,10-13,17H2,1-2H3,(H,32,35). The molecule has 0 radical (unpaired) electrons. The maximum atomic E-state index is 12.9. The number of benzene rings is 2. The van der Waals surface area contributed by atoms with Crippen molar-refractivity contribution in [2.75, 3.05) is 19.7 Å². The van der Waals surface area contributed by atoms with Gasteiger partial charge in [0.05, 0.1) is 22.6 Å². The number of fused-ring (bicyclic) bond motifs is 1. The van der Waals surface area contributed by atoms with Crippen molar-refractivity contribution in [1.29, 1.82) is 5.26 Å². The third-order valence-corrected chi connectivity index (χ3v) is 8.29. The summed E-state index contributed by atoms with van der Waals surface area (Å²) < 4.78 is 5.76. The number of ether oxygens (including phenoxy) is 1. The third kappa shape index (κ3) is 5.34. The van der Waals surface area contributed by atoms with E-state index in [-0.39, 0.29) is 24.8 Å². The van der Waals surface area contributed by atoms with E-state index in [4.69, 9.17) is 4.74 Å². The Labute approximate surface area is 221 Å². The van der Waals surface area contributed by atoms with Gasteiger partial charge in [-0.05, 0) is 80.3 Å². The highest BCUT2D eigenvalue weighted by Crippen LogP contribution is 2.41. The number of piperidine rings is 1. The summed E-state index contributed by atoms with van der Waals surface area (Å²) in [6, 6.07) is 14.1. The molecule has 37 heavy (non-hydrogen) atoms. The zero-order valence-electron chi connectivity index (χ0n) is 21.2. The maximum absolute atomic E-state index is 12.9. The second-order valence-corrected chi connectivity index (χ2v) is 11.1. The summed E-state index contributed by atoms with van der Waals surface area (Å²) >= 11 is 1.61. The summed E-state index contributed by atoms with van der Waals surface area (Å²) in [6.07, 6.45) is 5.38. The molecule has 1 aliphatic carbocycles. The molecule has 5 rings (SSSR count). The summed E-state index contributed by atoms with van der Waals surface area (Å²) in [5.41, 5.74) is 4.99. The minimum absolute atomic E-state index is 0.00269. The number of hydrogen-bond donors (Lipinski definition) is 2. The van der Waals surface area contributed by atoms with Crippen LogP contribution in [0.3, 0.4) is 0 Å². The van der Waals surface area contributed by atoms with Crippen molar-refractivity contribution in [3.05, 3.63) is 59.3 Å². The molecule has 1 saturated heterocycles. The number of carbonyl (C=O) groups excluding carboxylic acids is 1. The fourth-order valence-electron chi connectivity index (χ4n) is 5.23. The van der Waals surface area contributed by atoms with Crippen LogP contribution in [-0.2, 0) is 6.42 Å². The lowest BCUT2D eigenvalue weighted by Crippen LogP contribution is -2.45. The van der Waals surface area contributed by atoms with E-state index >= 15 is 0 Å². The number of hydrogen-bond acceptors (Lipinski definition) is 6. The molecule has 7 nitrogen and oxygen atoms in total. The number of amides is 2. The Morgan fingerprint density at radius 2 is 2.08 bits per heavy atom. The molecule has 2 aromatic carbocycles. The molecule has 3 aromatic rings. The third-order valence-electron chi connectivity index (χ3n) is 7.21. The molecule has 1 atom stereocenters. The van der Waals surface area contributed by atoms with Crippen LogP contribution in [-0.4, -0.2) is 46.8 Å². The highest BCUT2D eigenvalue weighted by atomic mass is 32.1. The van der Waals surface area contributed by atoms with Crippen LogP contribution in [0.5, 0.6) is 5.75 Å². The van der Waals surface area contributed by atoms with Gasteiger partial charge < -0.3 is 20.1 Å². The Kier molecular flexibility index (Phi) is 7.45. The summed E-state index contributed by atoms with van der Waals surface area (Å²) in [5, 5.41) is 23.1. The van der Waals surface area contributed by atoms with Crippen molar-refractivity contribution in [3.63, 3.8) is 0 Å². The normalized spacial score (nSPS) is 17.5. The molecule has 8 heteroatoms. The molecule has 1 fully saturated rings. The molecule has 2 heterocycles. The zero-order chi connectivity index (χ0) is 25.9. The number of aromatic nitrogens is 1. The number of nitrogens with zero attached hydrogens (tertiary/aromatic N) is 3. The van der Waals surface area contributed by atoms with Crippen LogP contribution in [0.15, 0.2) is 42.6 Å². The highest BCUT2D eigenvalue weighted by molar-refractivity contribution is 7.18. The van der Waals surface area contributed by atoms with Crippen LogP contribution in [0, 0.1) is 17.2 Å². The smallest absolute Gasteiger partial charge is 0.317 e. The fraction of sp³-hybridized carbons (Fsp3) is 0.414. The number of nitrogens with one attached hydrogen (secondary N) is 1. The molecule has 0 bridgehead atoms. The Morgan fingerprint density at radius 3 is 2.81 bits per heavy atom. The van der Waals surface area contributed by atoms with Crippen molar-refractivity contribution in [2.45, 2.75) is 51.7 Å². The molecule has 0 spiro atoms.